The Morgan fingerprint density at radius 3 is 2.60 bits per heavy atom. The number of nitrogens with zero attached hydrogens (tertiary/aromatic N) is 2. The Kier molecular flexibility index (Phi) is 3.75. The molecule has 0 aliphatic heterocycles. The molecule has 0 fully saturated rings. The second-order valence-corrected chi connectivity index (χ2v) is 3.63. The van der Waals surface area contributed by atoms with Gasteiger partial charge in [-0.15, -0.1) is 11.8 Å². The van der Waals surface area contributed by atoms with E-state index in [4.69, 9.17) is 10.8 Å². The van der Waals surface area contributed by atoms with Gasteiger partial charge in [0.2, 0.25) is 5.95 Å². The largest absolute Gasteiger partial charge is 0.433 e. The standard InChI is InChI=1S/C7H8F3N3OS/c8-7(9,10)4-3-5(15-2-1-14)13-6(11)12-4/h3,14H,1-2H2,(H2,11,12,13). The van der Waals surface area contributed by atoms with E-state index in [0.717, 1.165) is 17.8 Å². The Bertz CT molecular complexity index is 345. The number of anilines is 1. The molecule has 3 N–H and O–H groups in total. The molecule has 0 aliphatic rings. The molecule has 0 saturated heterocycles. The SMILES string of the molecule is Nc1nc(SCCO)cc(C(F)(F)F)n1. The lowest BCUT2D eigenvalue weighted by Gasteiger charge is -2.07. The van der Waals surface area contributed by atoms with E-state index in [-0.39, 0.29) is 17.4 Å². The van der Waals surface area contributed by atoms with Crippen LogP contribution >= 0.6 is 11.8 Å². The van der Waals surface area contributed by atoms with E-state index in [0.29, 0.717) is 0 Å². The second-order valence-electron chi connectivity index (χ2n) is 2.52. The summed E-state index contributed by atoms with van der Waals surface area (Å²) in [5.74, 6) is -0.168. The zero-order chi connectivity index (χ0) is 11.5. The van der Waals surface area contributed by atoms with Crippen LogP contribution in [0.1, 0.15) is 5.69 Å². The minimum atomic E-state index is -4.54. The Morgan fingerprint density at radius 1 is 1.40 bits per heavy atom. The van der Waals surface area contributed by atoms with Gasteiger partial charge in [-0.1, -0.05) is 0 Å². The van der Waals surface area contributed by atoms with E-state index in [1.807, 2.05) is 0 Å². The Balaban J connectivity index is 2.95. The zero-order valence-electron chi connectivity index (χ0n) is 7.45. The predicted molar refractivity (Wildman–Crippen MR) is 49.3 cm³/mol. The van der Waals surface area contributed by atoms with E-state index < -0.39 is 17.8 Å². The molecule has 15 heavy (non-hydrogen) atoms. The Hall–Kier alpha value is -1.02. The van der Waals surface area contributed by atoms with Crippen LogP contribution < -0.4 is 5.73 Å². The molecule has 8 heteroatoms. The first-order chi connectivity index (χ1) is 6.93. The van der Waals surface area contributed by atoms with Gasteiger partial charge in [-0.05, 0) is 0 Å². The number of halogens is 3. The number of rotatable bonds is 3. The van der Waals surface area contributed by atoms with Gasteiger partial charge >= 0.3 is 6.18 Å². The molecular weight excluding hydrogens is 231 g/mol. The lowest BCUT2D eigenvalue weighted by atomic mass is 10.4. The smallest absolute Gasteiger partial charge is 0.396 e. The first kappa shape index (κ1) is 12.1. The maximum atomic E-state index is 12.3. The van der Waals surface area contributed by atoms with Crippen LogP contribution in [0.3, 0.4) is 0 Å². The highest BCUT2D eigenvalue weighted by Gasteiger charge is 2.33. The second kappa shape index (κ2) is 4.67. The Morgan fingerprint density at radius 2 is 2.07 bits per heavy atom. The molecular formula is C7H8F3N3OS. The summed E-state index contributed by atoms with van der Waals surface area (Å²) in [6, 6.07) is 0.802. The van der Waals surface area contributed by atoms with Gasteiger partial charge in [0.15, 0.2) is 5.69 Å². The lowest BCUT2D eigenvalue weighted by molar-refractivity contribution is -0.141. The molecule has 0 radical (unpaired) electrons. The molecule has 0 aliphatic carbocycles. The monoisotopic (exact) mass is 239 g/mol. The quantitative estimate of drug-likeness (QED) is 0.611. The van der Waals surface area contributed by atoms with Gasteiger partial charge in [0.25, 0.3) is 0 Å². The van der Waals surface area contributed by atoms with Crippen LogP contribution in [0.2, 0.25) is 0 Å². The van der Waals surface area contributed by atoms with Crippen molar-refractivity contribution in [2.75, 3.05) is 18.1 Å². The van der Waals surface area contributed by atoms with E-state index >= 15 is 0 Å². The molecule has 4 nitrogen and oxygen atoms in total. The molecule has 1 heterocycles. The molecule has 1 aromatic heterocycles. The van der Waals surface area contributed by atoms with Crippen LogP contribution in [-0.4, -0.2) is 27.4 Å². The zero-order valence-corrected chi connectivity index (χ0v) is 8.27. The number of hydrogen-bond acceptors (Lipinski definition) is 5. The van der Waals surface area contributed by atoms with Crippen molar-refractivity contribution in [1.29, 1.82) is 0 Å². The summed E-state index contributed by atoms with van der Waals surface area (Å²) in [7, 11) is 0. The molecule has 0 saturated carbocycles. The molecule has 0 atom stereocenters. The van der Waals surface area contributed by atoms with Gasteiger partial charge in [0, 0.05) is 11.8 Å². The number of aromatic nitrogens is 2. The number of nitrogens with two attached hydrogens (primary N) is 1. The van der Waals surface area contributed by atoms with Crippen molar-refractivity contribution >= 4 is 17.7 Å². The fourth-order valence-corrected chi connectivity index (χ4v) is 1.47. The highest BCUT2D eigenvalue weighted by Crippen LogP contribution is 2.30. The summed E-state index contributed by atoms with van der Waals surface area (Å²) in [6.07, 6.45) is -4.54. The third-order valence-electron chi connectivity index (χ3n) is 1.35. The van der Waals surface area contributed by atoms with Crippen molar-refractivity contribution in [2.45, 2.75) is 11.2 Å². The van der Waals surface area contributed by atoms with Gasteiger partial charge in [-0.3, -0.25) is 0 Å². The van der Waals surface area contributed by atoms with Gasteiger partial charge in [-0.2, -0.15) is 13.2 Å². The normalized spacial score (nSPS) is 11.7. The van der Waals surface area contributed by atoms with Crippen LogP contribution in [-0.2, 0) is 6.18 Å². The van der Waals surface area contributed by atoms with Crippen molar-refractivity contribution in [3.05, 3.63) is 11.8 Å². The van der Waals surface area contributed by atoms with Crippen molar-refractivity contribution < 1.29 is 18.3 Å². The van der Waals surface area contributed by atoms with Crippen molar-refractivity contribution in [3.63, 3.8) is 0 Å². The molecule has 0 spiro atoms. The van der Waals surface area contributed by atoms with Gasteiger partial charge in [-0.25, -0.2) is 9.97 Å². The summed E-state index contributed by atoms with van der Waals surface area (Å²) in [4.78, 5) is 6.68. The fraction of sp³-hybridized carbons (Fsp3) is 0.429. The third-order valence-corrected chi connectivity index (χ3v) is 2.24. The minimum absolute atomic E-state index is 0.101. The molecule has 1 rings (SSSR count). The summed E-state index contributed by atoms with van der Waals surface area (Å²) < 4.78 is 36.8. The summed E-state index contributed by atoms with van der Waals surface area (Å²) in [5.41, 5.74) is 4.06. The van der Waals surface area contributed by atoms with Crippen LogP contribution in [0.15, 0.2) is 11.1 Å². The predicted octanol–water partition coefficient (Wildman–Crippen LogP) is 1.16. The number of aliphatic hydroxyl groups excluding tert-OH is 1. The average Bonchev–Trinajstić information content (AvgIpc) is 2.12. The summed E-state index contributed by atoms with van der Waals surface area (Å²) >= 11 is 0.984. The fourth-order valence-electron chi connectivity index (χ4n) is 0.812. The van der Waals surface area contributed by atoms with E-state index in [9.17, 15) is 13.2 Å². The highest BCUT2D eigenvalue weighted by atomic mass is 32.2. The molecule has 0 unspecified atom stereocenters. The number of alkyl halides is 3. The maximum Gasteiger partial charge on any atom is 0.433 e. The van der Waals surface area contributed by atoms with E-state index in [1.54, 1.807) is 0 Å². The molecule has 0 aromatic carbocycles. The lowest BCUT2D eigenvalue weighted by Crippen LogP contribution is -2.11. The minimum Gasteiger partial charge on any atom is -0.396 e. The van der Waals surface area contributed by atoms with Gasteiger partial charge in [0.1, 0.15) is 5.03 Å². The van der Waals surface area contributed by atoms with Crippen LogP contribution in [0.4, 0.5) is 19.1 Å². The summed E-state index contributed by atoms with van der Waals surface area (Å²) in [5, 5.41) is 8.61. The summed E-state index contributed by atoms with van der Waals surface area (Å²) in [6.45, 7) is -0.143. The molecule has 1 aromatic rings. The van der Waals surface area contributed by atoms with Crippen LogP contribution in [0, 0.1) is 0 Å². The van der Waals surface area contributed by atoms with Crippen molar-refractivity contribution in [1.82, 2.24) is 9.97 Å². The highest BCUT2D eigenvalue weighted by molar-refractivity contribution is 7.99. The van der Waals surface area contributed by atoms with Crippen molar-refractivity contribution in [3.8, 4) is 0 Å². The van der Waals surface area contributed by atoms with Crippen LogP contribution in [0.5, 0.6) is 0 Å². The molecule has 0 amide bonds. The van der Waals surface area contributed by atoms with Gasteiger partial charge < -0.3 is 10.8 Å². The number of aliphatic hydroxyl groups is 1. The van der Waals surface area contributed by atoms with Crippen LogP contribution in [0.25, 0.3) is 0 Å². The topological polar surface area (TPSA) is 72.0 Å². The first-order valence-corrected chi connectivity index (χ1v) is 4.87. The first-order valence-electron chi connectivity index (χ1n) is 3.89. The van der Waals surface area contributed by atoms with Crippen molar-refractivity contribution in [2.24, 2.45) is 0 Å². The average molecular weight is 239 g/mol. The van der Waals surface area contributed by atoms with Gasteiger partial charge in [0.05, 0.1) is 6.61 Å². The molecule has 0 bridgehead atoms. The number of hydrogen-bond donors (Lipinski definition) is 2. The number of nitrogen functional groups attached to an aromatic ring is 1. The molecule has 84 valence electrons. The third kappa shape index (κ3) is 3.56. The van der Waals surface area contributed by atoms with E-state index in [2.05, 4.69) is 9.97 Å². The Labute approximate surface area is 87.7 Å². The maximum absolute atomic E-state index is 12.3. The number of thioether (sulfide) groups is 1. The van der Waals surface area contributed by atoms with E-state index in [1.165, 1.54) is 0 Å².